The molecule has 12 heavy (non-hydrogen) atoms. The Bertz CT molecular complexity index is 151. The van der Waals surface area contributed by atoms with Gasteiger partial charge in [-0.1, -0.05) is 6.42 Å². The van der Waals surface area contributed by atoms with Crippen LogP contribution in [0, 0.1) is 5.41 Å². The average Bonchev–Trinajstić information content (AvgIpc) is 1.47. The van der Waals surface area contributed by atoms with Gasteiger partial charge in [-0.15, -0.1) is 0 Å². The van der Waals surface area contributed by atoms with Crippen LogP contribution in [0.25, 0.3) is 0 Å². The monoisotopic (exact) mass is 172 g/mol. The van der Waals surface area contributed by atoms with E-state index in [1.165, 1.54) is 0 Å². The van der Waals surface area contributed by atoms with Gasteiger partial charge in [-0.05, 0) is 40.5 Å². The summed E-state index contributed by atoms with van der Waals surface area (Å²) < 4.78 is 0. The Labute approximate surface area is 74.6 Å². The van der Waals surface area contributed by atoms with Crippen molar-refractivity contribution in [2.45, 2.75) is 58.2 Å². The Morgan fingerprint density at radius 2 is 1.25 bits per heavy atom. The smallest absolute Gasteiger partial charge is 0.0674 e. The highest BCUT2D eigenvalue weighted by Crippen LogP contribution is 2.55. The predicted molar refractivity (Wildman–Crippen MR) is 48.9 cm³/mol. The molecule has 0 radical (unpaired) electrons. The van der Waals surface area contributed by atoms with Crippen LogP contribution in [0.1, 0.15) is 47.0 Å². The van der Waals surface area contributed by atoms with E-state index in [0.717, 1.165) is 19.3 Å². The van der Waals surface area contributed by atoms with Crippen LogP contribution in [0.15, 0.2) is 0 Å². The number of aliphatic hydroxyl groups is 2. The fourth-order valence-electron chi connectivity index (χ4n) is 2.50. The van der Waals surface area contributed by atoms with Gasteiger partial charge in [0.15, 0.2) is 0 Å². The van der Waals surface area contributed by atoms with Crippen molar-refractivity contribution in [3.05, 3.63) is 0 Å². The fraction of sp³-hybridized carbons (Fsp3) is 1.00. The first-order valence-electron chi connectivity index (χ1n) is 4.65. The lowest BCUT2D eigenvalue weighted by Gasteiger charge is -2.57. The molecule has 0 aromatic heterocycles. The molecule has 0 spiro atoms. The molecule has 0 amide bonds. The van der Waals surface area contributed by atoms with Gasteiger partial charge in [-0.3, -0.25) is 0 Å². The zero-order chi connectivity index (χ0) is 9.62. The van der Waals surface area contributed by atoms with Crippen molar-refractivity contribution in [3.8, 4) is 0 Å². The molecule has 1 aliphatic rings. The molecule has 0 saturated heterocycles. The highest BCUT2D eigenvalue weighted by molar-refractivity contribution is 5.07. The molecule has 1 aliphatic carbocycles. The van der Waals surface area contributed by atoms with E-state index < -0.39 is 11.2 Å². The topological polar surface area (TPSA) is 40.5 Å². The van der Waals surface area contributed by atoms with Crippen molar-refractivity contribution in [1.82, 2.24) is 0 Å². The first kappa shape index (κ1) is 10.0. The molecule has 2 nitrogen and oxygen atoms in total. The molecule has 0 aromatic carbocycles. The van der Waals surface area contributed by atoms with Crippen LogP contribution in [0.2, 0.25) is 0 Å². The zero-order valence-corrected chi connectivity index (χ0v) is 8.52. The van der Waals surface area contributed by atoms with Crippen LogP contribution < -0.4 is 0 Å². The van der Waals surface area contributed by atoms with Gasteiger partial charge >= 0.3 is 0 Å². The molecule has 1 rings (SSSR count). The molecule has 0 bridgehead atoms. The Morgan fingerprint density at radius 3 is 1.25 bits per heavy atom. The van der Waals surface area contributed by atoms with E-state index in [2.05, 4.69) is 0 Å². The van der Waals surface area contributed by atoms with Crippen molar-refractivity contribution in [2.75, 3.05) is 0 Å². The van der Waals surface area contributed by atoms with E-state index in [9.17, 15) is 10.2 Å². The van der Waals surface area contributed by atoms with Crippen LogP contribution in [0.5, 0.6) is 0 Å². The average molecular weight is 172 g/mol. The molecule has 72 valence electrons. The Kier molecular flexibility index (Phi) is 2.05. The zero-order valence-electron chi connectivity index (χ0n) is 8.52. The maximum absolute atomic E-state index is 9.96. The second kappa shape index (κ2) is 2.46. The van der Waals surface area contributed by atoms with E-state index in [0.29, 0.717) is 0 Å². The highest BCUT2D eigenvalue weighted by atomic mass is 16.3. The van der Waals surface area contributed by atoms with Crippen molar-refractivity contribution in [3.63, 3.8) is 0 Å². The van der Waals surface area contributed by atoms with Gasteiger partial charge in [0.05, 0.1) is 11.2 Å². The summed E-state index contributed by atoms with van der Waals surface area (Å²) in [4.78, 5) is 0. The molecular weight excluding hydrogens is 152 g/mol. The third-order valence-corrected chi connectivity index (χ3v) is 3.55. The SMILES string of the molecule is CC(C)(O)C1(C(C)(C)O)CCC1. The Hall–Kier alpha value is -0.0800. The van der Waals surface area contributed by atoms with Crippen molar-refractivity contribution >= 4 is 0 Å². The largest absolute Gasteiger partial charge is 0.390 e. The summed E-state index contributed by atoms with van der Waals surface area (Å²) in [6, 6.07) is 0. The van der Waals surface area contributed by atoms with E-state index >= 15 is 0 Å². The Balaban J connectivity index is 2.92. The van der Waals surface area contributed by atoms with E-state index in [-0.39, 0.29) is 5.41 Å². The van der Waals surface area contributed by atoms with Gasteiger partial charge in [0.2, 0.25) is 0 Å². The van der Waals surface area contributed by atoms with Gasteiger partial charge in [0, 0.05) is 5.41 Å². The summed E-state index contributed by atoms with van der Waals surface area (Å²) in [7, 11) is 0. The molecule has 1 saturated carbocycles. The van der Waals surface area contributed by atoms with E-state index in [1.807, 2.05) is 0 Å². The lowest BCUT2D eigenvalue weighted by Crippen LogP contribution is -2.60. The van der Waals surface area contributed by atoms with Gasteiger partial charge in [-0.2, -0.15) is 0 Å². The molecule has 2 N–H and O–H groups in total. The normalized spacial score (nSPS) is 23.5. The van der Waals surface area contributed by atoms with Crippen LogP contribution in [0.4, 0.5) is 0 Å². The predicted octanol–water partition coefficient (Wildman–Crippen LogP) is 1.70. The van der Waals surface area contributed by atoms with Crippen LogP contribution in [-0.4, -0.2) is 21.4 Å². The second-order valence-corrected chi connectivity index (χ2v) is 5.05. The minimum Gasteiger partial charge on any atom is -0.390 e. The fourth-order valence-corrected chi connectivity index (χ4v) is 2.50. The number of hydrogen-bond donors (Lipinski definition) is 2. The molecule has 0 aromatic rings. The van der Waals surface area contributed by atoms with E-state index in [1.54, 1.807) is 27.7 Å². The maximum Gasteiger partial charge on any atom is 0.0674 e. The van der Waals surface area contributed by atoms with Gasteiger partial charge in [0.25, 0.3) is 0 Å². The van der Waals surface area contributed by atoms with Crippen molar-refractivity contribution in [2.24, 2.45) is 5.41 Å². The van der Waals surface area contributed by atoms with Crippen LogP contribution >= 0.6 is 0 Å². The quantitative estimate of drug-likeness (QED) is 0.665. The third-order valence-electron chi connectivity index (χ3n) is 3.55. The van der Waals surface area contributed by atoms with Crippen molar-refractivity contribution in [1.29, 1.82) is 0 Å². The number of rotatable bonds is 2. The second-order valence-electron chi connectivity index (χ2n) is 5.05. The van der Waals surface area contributed by atoms with Gasteiger partial charge < -0.3 is 10.2 Å². The van der Waals surface area contributed by atoms with Gasteiger partial charge in [-0.25, -0.2) is 0 Å². The first-order valence-corrected chi connectivity index (χ1v) is 4.65. The summed E-state index contributed by atoms with van der Waals surface area (Å²) >= 11 is 0. The maximum atomic E-state index is 9.96. The van der Waals surface area contributed by atoms with Crippen molar-refractivity contribution < 1.29 is 10.2 Å². The van der Waals surface area contributed by atoms with E-state index in [4.69, 9.17) is 0 Å². The number of hydrogen-bond acceptors (Lipinski definition) is 2. The molecule has 0 heterocycles. The first-order chi connectivity index (χ1) is 5.21. The molecule has 1 fully saturated rings. The molecule has 0 unspecified atom stereocenters. The highest BCUT2D eigenvalue weighted by Gasteiger charge is 2.57. The summed E-state index contributed by atoms with van der Waals surface area (Å²) in [6.45, 7) is 7.18. The molecule has 2 heteroatoms. The third kappa shape index (κ3) is 1.17. The summed E-state index contributed by atoms with van der Waals surface area (Å²) in [6.07, 6.45) is 2.98. The Morgan fingerprint density at radius 1 is 0.917 bits per heavy atom. The standard InChI is InChI=1S/C10H20O2/c1-8(2,11)10(6-5-7-10)9(3,4)12/h11-12H,5-7H2,1-4H3. The van der Waals surface area contributed by atoms with Crippen LogP contribution in [-0.2, 0) is 0 Å². The minimum absolute atomic E-state index is 0.292. The van der Waals surface area contributed by atoms with Gasteiger partial charge in [0.1, 0.15) is 0 Å². The molecule has 0 atom stereocenters. The molecular formula is C10H20O2. The lowest BCUT2D eigenvalue weighted by atomic mass is 9.52. The lowest BCUT2D eigenvalue weighted by molar-refractivity contribution is -0.205. The minimum atomic E-state index is -0.774. The summed E-state index contributed by atoms with van der Waals surface area (Å²) in [5.41, 5.74) is -1.84. The summed E-state index contributed by atoms with van der Waals surface area (Å²) in [5.74, 6) is 0. The van der Waals surface area contributed by atoms with Crippen LogP contribution in [0.3, 0.4) is 0 Å². The molecule has 0 aliphatic heterocycles. The summed E-state index contributed by atoms with van der Waals surface area (Å²) in [5, 5.41) is 19.9.